The van der Waals surface area contributed by atoms with Crippen LogP contribution in [0, 0.1) is 10.1 Å². The molecule has 0 bridgehead atoms. The van der Waals surface area contributed by atoms with Crippen molar-refractivity contribution in [1.29, 1.82) is 0 Å². The van der Waals surface area contributed by atoms with Gasteiger partial charge in [0.1, 0.15) is 18.9 Å². The van der Waals surface area contributed by atoms with E-state index in [1.165, 1.54) is 12.1 Å². The predicted molar refractivity (Wildman–Crippen MR) is 71.8 cm³/mol. The van der Waals surface area contributed by atoms with Gasteiger partial charge in [0.15, 0.2) is 0 Å². The molecule has 2 aromatic rings. The zero-order valence-corrected chi connectivity index (χ0v) is 12.1. The van der Waals surface area contributed by atoms with Gasteiger partial charge in [-0.2, -0.15) is 0 Å². The Hall–Kier alpha value is -2.08. The van der Waals surface area contributed by atoms with Crippen LogP contribution in [0.3, 0.4) is 0 Å². The van der Waals surface area contributed by atoms with Crippen molar-refractivity contribution in [3.63, 3.8) is 0 Å². The summed E-state index contributed by atoms with van der Waals surface area (Å²) in [6.07, 6.45) is 6.00. The third-order valence-corrected chi connectivity index (χ3v) is 2.80. The summed E-state index contributed by atoms with van der Waals surface area (Å²) in [5.74, 6) is 0. The van der Waals surface area contributed by atoms with Crippen LogP contribution in [0.1, 0.15) is 6.92 Å². The largest absolute Gasteiger partial charge is 1.00 e. The molecule has 0 spiro atoms. The number of nitrogens with zero attached hydrogens (tertiary/aromatic N) is 3. The molecule has 0 aliphatic heterocycles. The molecule has 0 amide bonds. The van der Waals surface area contributed by atoms with E-state index in [0.717, 1.165) is 12.2 Å². The Labute approximate surface area is 123 Å². The summed E-state index contributed by atoms with van der Waals surface area (Å²) in [5.41, 5.74) is 0.991. The minimum absolute atomic E-state index is 0. The Morgan fingerprint density at radius 1 is 1.40 bits per heavy atom. The van der Waals surface area contributed by atoms with Crippen LogP contribution in [0.4, 0.5) is 11.4 Å². The van der Waals surface area contributed by atoms with Crippen LogP contribution < -0.4 is 22.3 Å². The molecule has 0 saturated heterocycles. The highest BCUT2D eigenvalue weighted by Crippen LogP contribution is 2.16. The van der Waals surface area contributed by atoms with E-state index in [4.69, 9.17) is 0 Å². The molecule has 1 aromatic heterocycles. The third-order valence-electron chi connectivity index (χ3n) is 2.80. The number of anilines is 1. The van der Waals surface area contributed by atoms with E-state index in [9.17, 15) is 10.1 Å². The Balaban J connectivity index is 0.00000200. The number of benzene rings is 1. The molecular formula is C13H17ClN4O2. The number of nitro groups is 1. The van der Waals surface area contributed by atoms with E-state index >= 15 is 0 Å². The molecule has 0 saturated carbocycles. The van der Waals surface area contributed by atoms with Crippen molar-refractivity contribution in [2.24, 2.45) is 7.05 Å². The lowest BCUT2D eigenvalue weighted by Crippen LogP contribution is -3.00. The Kier molecular flexibility index (Phi) is 5.52. The number of hydrogen-bond donors (Lipinski definition) is 1. The standard InChI is InChI=1S/C13H17N4O2.ClH/c1-11(9-16-8-7-15(2)10-16)14-12-3-5-13(6-4-12)17(18)19;/h3-8,10-11,14H,9H2,1-2H3;1H/q+1;/p-1. The maximum Gasteiger partial charge on any atom is 0.269 e. The second-order valence-corrected chi connectivity index (χ2v) is 4.63. The molecule has 6 nitrogen and oxygen atoms in total. The average Bonchev–Trinajstić information content (AvgIpc) is 2.75. The fourth-order valence-corrected chi connectivity index (χ4v) is 1.94. The number of nitro benzene ring substituents is 1. The molecule has 1 aromatic carbocycles. The summed E-state index contributed by atoms with van der Waals surface area (Å²) < 4.78 is 4.07. The van der Waals surface area contributed by atoms with Gasteiger partial charge in [0, 0.05) is 17.8 Å². The van der Waals surface area contributed by atoms with Gasteiger partial charge in [-0.25, -0.2) is 9.13 Å². The van der Waals surface area contributed by atoms with Crippen LogP contribution >= 0.6 is 0 Å². The van der Waals surface area contributed by atoms with Gasteiger partial charge in [-0.05, 0) is 19.1 Å². The van der Waals surface area contributed by atoms with Gasteiger partial charge in [0.2, 0.25) is 6.33 Å². The van der Waals surface area contributed by atoms with E-state index in [2.05, 4.69) is 16.8 Å². The van der Waals surface area contributed by atoms with E-state index in [1.807, 2.05) is 30.3 Å². The van der Waals surface area contributed by atoms with Crippen LogP contribution in [-0.2, 0) is 13.6 Å². The molecular weight excluding hydrogens is 280 g/mol. The minimum Gasteiger partial charge on any atom is -1.00 e. The second kappa shape index (κ2) is 6.91. The second-order valence-electron chi connectivity index (χ2n) is 4.63. The maximum absolute atomic E-state index is 10.6. The summed E-state index contributed by atoms with van der Waals surface area (Å²) >= 11 is 0. The first kappa shape index (κ1) is 16.0. The first-order valence-corrected chi connectivity index (χ1v) is 6.06. The molecule has 0 radical (unpaired) electrons. The summed E-state index contributed by atoms with van der Waals surface area (Å²) in [4.78, 5) is 10.2. The third kappa shape index (κ3) is 4.24. The molecule has 1 heterocycles. The number of aromatic nitrogens is 2. The lowest BCUT2D eigenvalue weighted by Gasteiger charge is -2.12. The van der Waals surface area contributed by atoms with Crippen molar-refractivity contribution in [2.75, 3.05) is 5.32 Å². The van der Waals surface area contributed by atoms with Gasteiger partial charge in [-0.15, -0.1) is 0 Å². The van der Waals surface area contributed by atoms with E-state index in [-0.39, 0.29) is 24.1 Å². The molecule has 108 valence electrons. The highest BCUT2D eigenvalue weighted by atomic mass is 35.5. The number of halogens is 1. The SMILES string of the molecule is CC(Cn1cc[n+](C)c1)Nc1ccc([N+](=O)[O-])cc1.[Cl-]. The van der Waals surface area contributed by atoms with Gasteiger partial charge in [-0.3, -0.25) is 10.1 Å². The van der Waals surface area contributed by atoms with Gasteiger partial charge in [-0.1, -0.05) is 0 Å². The molecule has 7 heteroatoms. The van der Waals surface area contributed by atoms with Gasteiger partial charge >= 0.3 is 0 Å². The van der Waals surface area contributed by atoms with Crippen LogP contribution in [0.5, 0.6) is 0 Å². The Morgan fingerprint density at radius 3 is 2.55 bits per heavy atom. The zero-order valence-electron chi connectivity index (χ0n) is 11.4. The molecule has 20 heavy (non-hydrogen) atoms. The first-order chi connectivity index (χ1) is 9.04. The molecule has 1 unspecified atom stereocenters. The number of rotatable bonds is 5. The fraction of sp³-hybridized carbons (Fsp3) is 0.308. The summed E-state index contributed by atoms with van der Waals surface area (Å²) in [7, 11) is 1.98. The van der Waals surface area contributed by atoms with Crippen molar-refractivity contribution < 1.29 is 21.9 Å². The van der Waals surface area contributed by atoms with Crippen molar-refractivity contribution >= 4 is 11.4 Å². The van der Waals surface area contributed by atoms with Crippen molar-refractivity contribution in [1.82, 2.24) is 4.57 Å². The average molecular weight is 297 g/mol. The molecule has 0 aliphatic carbocycles. The van der Waals surface area contributed by atoms with Gasteiger partial charge in [0.25, 0.3) is 5.69 Å². The molecule has 1 N–H and O–H groups in total. The van der Waals surface area contributed by atoms with Crippen LogP contribution in [0.15, 0.2) is 43.0 Å². The Morgan fingerprint density at radius 2 is 2.05 bits per heavy atom. The van der Waals surface area contributed by atoms with Crippen molar-refractivity contribution in [3.8, 4) is 0 Å². The number of nitrogens with one attached hydrogen (secondary N) is 1. The monoisotopic (exact) mass is 296 g/mol. The van der Waals surface area contributed by atoms with Gasteiger partial charge < -0.3 is 17.7 Å². The normalized spacial score (nSPS) is 11.5. The zero-order chi connectivity index (χ0) is 13.8. The quantitative estimate of drug-likeness (QED) is 0.425. The number of imidazole rings is 1. The maximum atomic E-state index is 10.6. The summed E-state index contributed by atoms with van der Waals surface area (Å²) in [6, 6.07) is 6.69. The molecule has 0 fully saturated rings. The first-order valence-electron chi connectivity index (χ1n) is 6.06. The summed E-state index contributed by atoms with van der Waals surface area (Å²) in [6.45, 7) is 2.90. The van der Waals surface area contributed by atoms with Gasteiger partial charge in [0.05, 0.1) is 18.0 Å². The lowest BCUT2D eigenvalue weighted by molar-refractivity contribution is -0.671. The summed E-state index contributed by atoms with van der Waals surface area (Å²) in [5, 5.41) is 13.9. The number of hydrogen-bond acceptors (Lipinski definition) is 3. The number of aryl methyl sites for hydroxylation is 1. The van der Waals surface area contributed by atoms with E-state index < -0.39 is 4.92 Å². The van der Waals surface area contributed by atoms with E-state index in [0.29, 0.717) is 0 Å². The van der Waals surface area contributed by atoms with Crippen molar-refractivity contribution in [2.45, 2.75) is 19.5 Å². The smallest absolute Gasteiger partial charge is 0.269 e. The van der Waals surface area contributed by atoms with Crippen LogP contribution in [0.25, 0.3) is 0 Å². The Bertz CT molecular complexity index is 568. The van der Waals surface area contributed by atoms with Crippen molar-refractivity contribution in [3.05, 3.63) is 53.1 Å². The fourth-order valence-electron chi connectivity index (χ4n) is 1.94. The van der Waals surface area contributed by atoms with Crippen LogP contribution in [-0.4, -0.2) is 15.5 Å². The lowest BCUT2D eigenvalue weighted by atomic mass is 10.2. The van der Waals surface area contributed by atoms with Crippen LogP contribution in [0.2, 0.25) is 0 Å². The highest BCUT2D eigenvalue weighted by molar-refractivity contribution is 5.48. The predicted octanol–water partition coefficient (Wildman–Crippen LogP) is -1.27. The minimum atomic E-state index is -0.396. The highest BCUT2D eigenvalue weighted by Gasteiger charge is 2.09. The topological polar surface area (TPSA) is 64.0 Å². The number of non-ortho nitro benzene ring substituents is 1. The molecule has 1 atom stereocenters. The molecule has 0 aliphatic rings. The van der Waals surface area contributed by atoms with E-state index in [1.54, 1.807) is 12.1 Å². The molecule has 2 rings (SSSR count).